The Bertz CT molecular complexity index is 619. The van der Waals surface area contributed by atoms with E-state index in [9.17, 15) is 4.39 Å². The Morgan fingerprint density at radius 2 is 1.90 bits per heavy atom. The van der Waals surface area contributed by atoms with Crippen LogP contribution in [-0.4, -0.2) is 7.11 Å². The summed E-state index contributed by atoms with van der Waals surface area (Å²) in [5.41, 5.74) is 1.52. The van der Waals surface area contributed by atoms with E-state index in [1.807, 2.05) is 31.2 Å². The van der Waals surface area contributed by atoms with Crippen LogP contribution in [0.2, 0.25) is 0 Å². The molecule has 1 unspecified atom stereocenters. The molecule has 0 amide bonds. The Morgan fingerprint density at radius 1 is 1.15 bits per heavy atom. The SMILES string of the molecule is COc1ccc(NC(C)c2ccc(Br)cc2F)cc1Br. The zero-order valence-electron chi connectivity index (χ0n) is 11.1. The Labute approximate surface area is 134 Å². The highest BCUT2D eigenvalue weighted by Crippen LogP contribution is 2.30. The predicted octanol–water partition coefficient (Wildman–Crippen LogP) is 5.53. The van der Waals surface area contributed by atoms with Crippen molar-refractivity contribution in [2.45, 2.75) is 13.0 Å². The quantitative estimate of drug-likeness (QED) is 0.725. The first-order valence-corrected chi connectivity index (χ1v) is 7.65. The van der Waals surface area contributed by atoms with Crippen molar-refractivity contribution in [3.63, 3.8) is 0 Å². The lowest BCUT2D eigenvalue weighted by Gasteiger charge is -2.17. The van der Waals surface area contributed by atoms with Crippen LogP contribution < -0.4 is 10.1 Å². The summed E-state index contributed by atoms with van der Waals surface area (Å²) >= 11 is 6.69. The molecule has 1 N–H and O–H groups in total. The molecular weight excluding hydrogens is 389 g/mol. The number of anilines is 1. The average Bonchev–Trinajstić information content (AvgIpc) is 2.38. The number of hydrogen-bond donors (Lipinski definition) is 1. The van der Waals surface area contributed by atoms with Crippen molar-refractivity contribution < 1.29 is 9.13 Å². The minimum absolute atomic E-state index is 0.136. The lowest BCUT2D eigenvalue weighted by atomic mass is 10.1. The molecule has 0 fully saturated rings. The number of rotatable bonds is 4. The van der Waals surface area contributed by atoms with Crippen LogP contribution in [0, 0.1) is 5.82 Å². The number of halogens is 3. The average molecular weight is 403 g/mol. The Balaban J connectivity index is 2.18. The summed E-state index contributed by atoms with van der Waals surface area (Å²) in [5.74, 6) is 0.532. The Morgan fingerprint density at radius 3 is 2.50 bits per heavy atom. The summed E-state index contributed by atoms with van der Waals surface area (Å²) in [4.78, 5) is 0. The van der Waals surface area contributed by atoms with Gasteiger partial charge in [0.2, 0.25) is 0 Å². The minimum Gasteiger partial charge on any atom is -0.496 e. The second-order valence-electron chi connectivity index (χ2n) is 4.38. The van der Waals surface area contributed by atoms with Crippen LogP contribution in [-0.2, 0) is 0 Å². The molecule has 0 aliphatic rings. The highest BCUT2D eigenvalue weighted by Gasteiger charge is 2.12. The molecular formula is C15H14Br2FNO. The van der Waals surface area contributed by atoms with Crippen LogP contribution >= 0.6 is 31.9 Å². The van der Waals surface area contributed by atoms with Gasteiger partial charge in [0.05, 0.1) is 17.6 Å². The van der Waals surface area contributed by atoms with E-state index in [0.717, 1.165) is 20.4 Å². The molecule has 0 spiro atoms. The lowest BCUT2D eigenvalue weighted by Crippen LogP contribution is -2.08. The van der Waals surface area contributed by atoms with E-state index in [2.05, 4.69) is 37.2 Å². The van der Waals surface area contributed by atoms with Crippen molar-refractivity contribution in [1.29, 1.82) is 0 Å². The van der Waals surface area contributed by atoms with Crippen molar-refractivity contribution in [2.75, 3.05) is 12.4 Å². The number of methoxy groups -OCH3 is 1. The van der Waals surface area contributed by atoms with Crippen LogP contribution in [0.5, 0.6) is 5.75 Å². The van der Waals surface area contributed by atoms with Gasteiger partial charge in [0.1, 0.15) is 11.6 Å². The van der Waals surface area contributed by atoms with Crippen molar-refractivity contribution >= 4 is 37.5 Å². The van der Waals surface area contributed by atoms with E-state index < -0.39 is 0 Å². The van der Waals surface area contributed by atoms with Gasteiger partial charge in [0, 0.05) is 15.7 Å². The molecule has 1 atom stereocenters. The smallest absolute Gasteiger partial charge is 0.133 e. The van der Waals surface area contributed by atoms with Gasteiger partial charge >= 0.3 is 0 Å². The molecule has 20 heavy (non-hydrogen) atoms. The summed E-state index contributed by atoms with van der Waals surface area (Å²) in [7, 11) is 1.62. The fourth-order valence-electron chi connectivity index (χ4n) is 1.94. The van der Waals surface area contributed by atoms with Crippen LogP contribution in [0.3, 0.4) is 0 Å². The third-order valence-corrected chi connectivity index (χ3v) is 4.08. The molecule has 0 aromatic heterocycles. The third kappa shape index (κ3) is 3.52. The maximum absolute atomic E-state index is 13.9. The maximum atomic E-state index is 13.9. The van der Waals surface area contributed by atoms with Crippen LogP contribution in [0.4, 0.5) is 10.1 Å². The number of ether oxygens (including phenoxy) is 1. The molecule has 5 heteroatoms. The first-order chi connectivity index (χ1) is 9.51. The first-order valence-electron chi connectivity index (χ1n) is 6.06. The summed E-state index contributed by atoms with van der Waals surface area (Å²) in [6.45, 7) is 1.92. The van der Waals surface area contributed by atoms with E-state index in [1.54, 1.807) is 13.2 Å². The zero-order valence-corrected chi connectivity index (χ0v) is 14.3. The highest BCUT2D eigenvalue weighted by molar-refractivity contribution is 9.10. The third-order valence-electron chi connectivity index (χ3n) is 2.96. The second kappa shape index (κ2) is 6.59. The Hall–Kier alpha value is -1.07. The standard InChI is InChI=1S/C15H14Br2FNO/c1-9(12-5-3-10(16)7-14(12)18)19-11-4-6-15(20-2)13(17)8-11/h3-9,19H,1-2H3. The fourth-order valence-corrected chi connectivity index (χ4v) is 2.81. The summed E-state index contributed by atoms with van der Waals surface area (Å²) in [5, 5.41) is 3.27. The van der Waals surface area contributed by atoms with Gasteiger partial charge in [-0.2, -0.15) is 0 Å². The van der Waals surface area contributed by atoms with Crippen molar-refractivity contribution in [2.24, 2.45) is 0 Å². The molecule has 0 saturated heterocycles. The largest absolute Gasteiger partial charge is 0.496 e. The second-order valence-corrected chi connectivity index (χ2v) is 6.15. The number of nitrogens with one attached hydrogen (secondary N) is 1. The molecule has 2 aromatic carbocycles. The highest BCUT2D eigenvalue weighted by atomic mass is 79.9. The normalized spacial score (nSPS) is 12.1. The van der Waals surface area contributed by atoms with E-state index >= 15 is 0 Å². The van der Waals surface area contributed by atoms with Crippen LogP contribution in [0.15, 0.2) is 45.3 Å². The van der Waals surface area contributed by atoms with Gasteiger partial charge < -0.3 is 10.1 Å². The maximum Gasteiger partial charge on any atom is 0.133 e. The van der Waals surface area contributed by atoms with Gasteiger partial charge in [-0.15, -0.1) is 0 Å². The fraction of sp³-hybridized carbons (Fsp3) is 0.200. The van der Waals surface area contributed by atoms with Crippen LogP contribution in [0.1, 0.15) is 18.5 Å². The molecule has 2 aromatic rings. The summed E-state index contributed by atoms with van der Waals surface area (Å²) < 4.78 is 20.7. The number of hydrogen-bond acceptors (Lipinski definition) is 2. The van der Waals surface area contributed by atoms with E-state index in [-0.39, 0.29) is 11.9 Å². The molecule has 106 valence electrons. The van der Waals surface area contributed by atoms with Gasteiger partial charge in [-0.05, 0) is 53.2 Å². The van der Waals surface area contributed by atoms with Gasteiger partial charge in [-0.25, -0.2) is 4.39 Å². The summed E-state index contributed by atoms with van der Waals surface area (Å²) in [6, 6.07) is 10.6. The Kier molecular flexibility index (Phi) is 5.05. The van der Waals surface area contributed by atoms with Gasteiger partial charge in [0.15, 0.2) is 0 Å². The lowest BCUT2D eigenvalue weighted by molar-refractivity contribution is 0.412. The molecule has 0 aliphatic carbocycles. The summed E-state index contributed by atoms with van der Waals surface area (Å²) in [6.07, 6.45) is 0. The molecule has 2 rings (SSSR count). The zero-order chi connectivity index (χ0) is 14.7. The minimum atomic E-state index is -0.230. The van der Waals surface area contributed by atoms with E-state index in [4.69, 9.17) is 4.74 Å². The molecule has 0 aliphatic heterocycles. The molecule has 0 radical (unpaired) electrons. The topological polar surface area (TPSA) is 21.3 Å². The molecule has 0 saturated carbocycles. The van der Waals surface area contributed by atoms with Crippen LogP contribution in [0.25, 0.3) is 0 Å². The van der Waals surface area contributed by atoms with Gasteiger partial charge in [-0.1, -0.05) is 22.0 Å². The van der Waals surface area contributed by atoms with Crippen molar-refractivity contribution in [3.8, 4) is 5.75 Å². The van der Waals surface area contributed by atoms with Gasteiger partial charge in [0.25, 0.3) is 0 Å². The molecule has 0 heterocycles. The van der Waals surface area contributed by atoms with Crippen molar-refractivity contribution in [1.82, 2.24) is 0 Å². The first kappa shape index (κ1) is 15.3. The van der Waals surface area contributed by atoms with Gasteiger partial charge in [-0.3, -0.25) is 0 Å². The monoisotopic (exact) mass is 401 g/mol. The van der Waals surface area contributed by atoms with E-state index in [1.165, 1.54) is 6.07 Å². The van der Waals surface area contributed by atoms with Crippen molar-refractivity contribution in [3.05, 3.63) is 56.7 Å². The van der Waals surface area contributed by atoms with E-state index in [0.29, 0.717) is 5.56 Å². The predicted molar refractivity (Wildman–Crippen MR) is 86.8 cm³/mol. The molecule has 2 nitrogen and oxygen atoms in total. The molecule has 0 bridgehead atoms. The number of benzene rings is 2.